The monoisotopic (exact) mass is 444 g/mol. The van der Waals surface area contributed by atoms with Gasteiger partial charge in [-0.15, -0.1) is 11.3 Å². The molecule has 162 valence electrons. The zero-order valence-corrected chi connectivity index (χ0v) is 18.0. The van der Waals surface area contributed by atoms with E-state index in [-0.39, 0.29) is 17.7 Å². The van der Waals surface area contributed by atoms with E-state index >= 15 is 0 Å². The van der Waals surface area contributed by atoms with E-state index in [1.165, 1.54) is 29.5 Å². The number of hydrogen-bond acceptors (Lipinski definition) is 8. The van der Waals surface area contributed by atoms with E-state index in [1.807, 2.05) is 0 Å². The van der Waals surface area contributed by atoms with Gasteiger partial charge >= 0.3 is 5.97 Å². The summed E-state index contributed by atoms with van der Waals surface area (Å²) in [4.78, 5) is 50.6. The molecular weight excluding hydrogens is 424 g/mol. The number of nitro groups is 1. The molecule has 1 aromatic heterocycles. The van der Waals surface area contributed by atoms with Crippen LogP contribution in [0.5, 0.6) is 0 Å². The minimum atomic E-state index is -0.716. The standard InChI is InChI=1S/C21H20N2O7S/c1-21(2,3)30-20(26)13-10-31-17-11(13)7-8-29-15(17)9-22-18(24)12-5-4-6-14(23(27)28)16(12)19(22)25/h4-6,10,15H,7-9H2,1-3H3. The van der Waals surface area contributed by atoms with Crippen LogP contribution >= 0.6 is 11.3 Å². The number of benzene rings is 1. The highest BCUT2D eigenvalue weighted by atomic mass is 32.1. The van der Waals surface area contributed by atoms with E-state index in [4.69, 9.17) is 9.47 Å². The van der Waals surface area contributed by atoms with Crippen LogP contribution in [0.15, 0.2) is 23.6 Å². The molecule has 0 saturated heterocycles. The van der Waals surface area contributed by atoms with Gasteiger partial charge in [0.1, 0.15) is 17.3 Å². The predicted octanol–water partition coefficient (Wildman–Crippen LogP) is 3.52. The fourth-order valence-corrected chi connectivity index (χ4v) is 4.88. The second-order valence-electron chi connectivity index (χ2n) is 8.28. The van der Waals surface area contributed by atoms with Gasteiger partial charge in [-0.05, 0) is 38.8 Å². The van der Waals surface area contributed by atoms with Gasteiger partial charge in [-0.2, -0.15) is 0 Å². The van der Waals surface area contributed by atoms with Crippen molar-refractivity contribution in [3.8, 4) is 0 Å². The van der Waals surface area contributed by atoms with Crippen LogP contribution in [0.4, 0.5) is 5.69 Å². The topological polar surface area (TPSA) is 116 Å². The normalized spacial score (nSPS) is 18.0. The lowest BCUT2D eigenvalue weighted by atomic mass is 10.0. The van der Waals surface area contributed by atoms with Crippen molar-refractivity contribution < 1.29 is 28.8 Å². The first-order valence-electron chi connectivity index (χ1n) is 9.67. The van der Waals surface area contributed by atoms with Gasteiger partial charge in [0, 0.05) is 16.3 Å². The molecule has 0 radical (unpaired) electrons. The lowest BCUT2D eigenvalue weighted by molar-refractivity contribution is -0.385. The molecular formula is C21H20N2O7S. The fourth-order valence-electron chi connectivity index (χ4n) is 3.74. The summed E-state index contributed by atoms with van der Waals surface area (Å²) in [5.41, 5.74) is 0.0296. The minimum absolute atomic E-state index is 0.0101. The number of esters is 1. The average Bonchev–Trinajstić information content (AvgIpc) is 3.23. The van der Waals surface area contributed by atoms with Crippen molar-refractivity contribution in [2.24, 2.45) is 0 Å². The SMILES string of the molecule is CC(C)(C)OC(=O)c1csc2c1CCOC2CN1C(=O)c2cccc([N+](=O)[O-])c2C1=O. The van der Waals surface area contributed by atoms with Gasteiger partial charge in [-0.1, -0.05) is 6.07 Å². The molecule has 0 fully saturated rings. The van der Waals surface area contributed by atoms with Crippen molar-refractivity contribution in [3.63, 3.8) is 0 Å². The van der Waals surface area contributed by atoms with Crippen LogP contribution in [-0.2, 0) is 15.9 Å². The molecule has 3 heterocycles. The molecule has 1 atom stereocenters. The molecule has 10 heteroatoms. The van der Waals surface area contributed by atoms with E-state index in [1.54, 1.807) is 26.2 Å². The summed E-state index contributed by atoms with van der Waals surface area (Å²) in [6.07, 6.45) is -0.108. The van der Waals surface area contributed by atoms with Crippen LogP contribution < -0.4 is 0 Å². The molecule has 2 aliphatic heterocycles. The number of hydrogen-bond donors (Lipinski definition) is 0. The lowest BCUT2D eigenvalue weighted by Crippen LogP contribution is -2.36. The summed E-state index contributed by atoms with van der Waals surface area (Å²) in [7, 11) is 0. The zero-order valence-electron chi connectivity index (χ0n) is 17.2. The predicted molar refractivity (Wildman–Crippen MR) is 110 cm³/mol. The number of fused-ring (bicyclic) bond motifs is 2. The Bertz CT molecular complexity index is 1120. The highest BCUT2D eigenvalue weighted by molar-refractivity contribution is 7.10. The first-order chi connectivity index (χ1) is 14.6. The van der Waals surface area contributed by atoms with Gasteiger partial charge in [0.25, 0.3) is 17.5 Å². The second kappa shape index (κ2) is 7.54. The largest absolute Gasteiger partial charge is 0.456 e. The molecule has 0 saturated carbocycles. The number of carbonyl (C=O) groups is 3. The Labute approximate surface area is 181 Å². The molecule has 31 heavy (non-hydrogen) atoms. The van der Waals surface area contributed by atoms with Gasteiger partial charge in [0.2, 0.25) is 0 Å². The number of nitrogens with zero attached hydrogens (tertiary/aromatic N) is 2. The average molecular weight is 444 g/mol. The third-order valence-electron chi connectivity index (χ3n) is 5.03. The molecule has 0 bridgehead atoms. The minimum Gasteiger partial charge on any atom is -0.456 e. The van der Waals surface area contributed by atoms with E-state index in [2.05, 4.69) is 0 Å². The van der Waals surface area contributed by atoms with Crippen molar-refractivity contribution in [1.82, 2.24) is 4.90 Å². The Morgan fingerprint density at radius 1 is 1.32 bits per heavy atom. The summed E-state index contributed by atoms with van der Waals surface area (Å²) in [6, 6.07) is 3.99. The number of imide groups is 1. The maximum absolute atomic E-state index is 12.9. The Balaban J connectivity index is 1.61. The van der Waals surface area contributed by atoms with E-state index in [9.17, 15) is 24.5 Å². The molecule has 2 aromatic rings. The third kappa shape index (κ3) is 3.72. The third-order valence-corrected chi connectivity index (χ3v) is 6.15. The van der Waals surface area contributed by atoms with Crippen molar-refractivity contribution in [3.05, 3.63) is 60.8 Å². The van der Waals surface area contributed by atoms with Crippen LogP contribution in [0.2, 0.25) is 0 Å². The zero-order chi connectivity index (χ0) is 22.5. The first kappa shape index (κ1) is 21.1. The summed E-state index contributed by atoms with van der Waals surface area (Å²) in [5.74, 6) is -1.74. The molecule has 2 aliphatic rings. The highest BCUT2D eigenvalue weighted by Crippen LogP contribution is 2.38. The van der Waals surface area contributed by atoms with Crippen LogP contribution in [-0.4, -0.2) is 46.4 Å². The van der Waals surface area contributed by atoms with Gasteiger partial charge in [0.15, 0.2) is 0 Å². The molecule has 1 aromatic carbocycles. The first-order valence-corrected chi connectivity index (χ1v) is 10.5. The quantitative estimate of drug-likeness (QED) is 0.307. The summed E-state index contributed by atoms with van der Waals surface area (Å²) in [6.45, 7) is 5.59. The number of amides is 2. The maximum atomic E-state index is 12.9. The Kier molecular flexibility index (Phi) is 5.14. The number of thiophene rings is 1. The summed E-state index contributed by atoms with van der Waals surface area (Å²) >= 11 is 1.31. The van der Waals surface area contributed by atoms with E-state index in [0.717, 1.165) is 15.3 Å². The highest BCUT2D eigenvalue weighted by Gasteiger charge is 2.43. The number of carbonyl (C=O) groups excluding carboxylic acids is 3. The number of rotatable bonds is 4. The number of nitro benzene ring substituents is 1. The maximum Gasteiger partial charge on any atom is 0.339 e. The Hall–Kier alpha value is -3.11. The van der Waals surface area contributed by atoms with Crippen molar-refractivity contribution in [2.45, 2.75) is 38.9 Å². The van der Waals surface area contributed by atoms with Gasteiger partial charge in [-0.3, -0.25) is 24.6 Å². The fraction of sp³-hybridized carbons (Fsp3) is 0.381. The molecule has 1 unspecified atom stereocenters. The van der Waals surface area contributed by atoms with Gasteiger partial charge in [0.05, 0.1) is 29.2 Å². The molecule has 2 amide bonds. The van der Waals surface area contributed by atoms with Gasteiger partial charge < -0.3 is 9.47 Å². The van der Waals surface area contributed by atoms with Crippen molar-refractivity contribution in [2.75, 3.05) is 13.2 Å². The van der Waals surface area contributed by atoms with Crippen LogP contribution in [0.1, 0.15) is 68.4 Å². The van der Waals surface area contributed by atoms with Crippen molar-refractivity contribution >= 4 is 34.8 Å². The van der Waals surface area contributed by atoms with E-state index in [0.29, 0.717) is 18.6 Å². The van der Waals surface area contributed by atoms with Crippen LogP contribution in [0, 0.1) is 10.1 Å². The second-order valence-corrected chi connectivity index (χ2v) is 9.19. The number of ether oxygens (including phenoxy) is 2. The summed E-state index contributed by atoms with van der Waals surface area (Å²) < 4.78 is 11.3. The lowest BCUT2D eigenvalue weighted by Gasteiger charge is -2.27. The molecule has 9 nitrogen and oxygen atoms in total. The van der Waals surface area contributed by atoms with Crippen molar-refractivity contribution in [1.29, 1.82) is 0 Å². The molecule has 4 rings (SSSR count). The van der Waals surface area contributed by atoms with Gasteiger partial charge in [-0.25, -0.2) is 4.79 Å². The van der Waals surface area contributed by atoms with E-state index < -0.39 is 40.1 Å². The molecule has 0 spiro atoms. The Morgan fingerprint density at radius 3 is 2.74 bits per heavy atom. The molecule has 0 N–H and O–H groups in total. The van der Waals surface area contributed by atoms with Crippen LogP contribution in [0.25, 0.3) is 0 Å². The smallest absolute Gasteiger partial charge is 0.339 e. The molecule has 0 aliphatic carbocycles. The van der Waals surface area contributed by atoms with Crippen LogP contribution in [0.3, 0.4) is 0 Å². The summed E-state index contributed by atoms with van der Waals surface area (Å²) in [5, 5.41) is 13.0. The Morgan fingerprint density at radius 2 is 2.06 bits per heavy atom.